The Hall–Kier alpha value is -5.50. The summed E-state index contributed by atoms with van der Waals surface area (Å²) in [5, 5.41) is 3.06. The molecule has 0 aliphatic rings. The van der Waals surface area contributed by atoms with Crippen LogP contribution in [0.1, 0.15) is 33.4 Å². The first-order chi connectivity index (χ1) is 23.7. The molecule has 50 heavy (non-hydrogen) atoms. The van der Waals surface area contributed by atoms with Gasteiger partial charge in [-0.25, -0.2) is 0 Å². The number of hydrogen-bond donors (Lipinski definition) is 0. The van der Waals surface area contributed by atoms with Gasteiger partial charge in [0, 0.05) is 27.1 Å². The summed E-state index contributed by atoms with van der Waals surface area (Å²) in [7, 11) is 0. The minimum absolute atomic E-state index is 0.00195. The van der Waals surface area contributed by atoms with Crippen molar-refractivity contribution in [3.05, 3.63) is 143 Å². The first-order valence-corrected chi connectivity index (χ1v) is 16.2. The minimum atomic E-state index is -4.87. The molecule has 2 heterocycles. The van der Waals surface area contributed by atoms with Crippen LogP contribution in [0.2, 0.25) is 0 Å². The van der Waals surface area contributed by atoms with Gasteiger partial charge in [-0.1, -0.05) is 66.7 Å². The summed E-state index contributed by atoms with van der Waals surface area (Å²) in [5.41, 5.74) is 3.31. The number of nitrogens with zero attached hydrogens (tertiary/aromatic N) is 2. The van der Waals surface area contributed by atoms with E-state index in [1.807, 2.05) is 100 Å². The zero-order valence-corrected chi connectivity index (χ0v) is 27.6. The van der Waals surface area contributed by atoms with E-state index in [1.54, 1.807) is 9.13 Å². The molecule has 0 spiro atoms. The molecule has 0 aliphatic carbocycles. The third kappa shape index (κ3) is 4.96. The maximum absolute atomic E-state index is 15.6. The number of benzene rings is 6. The van der Waals surface area contributed by atoms with Gasteiger partial charge in [-0.3, -0.25) is 0 Å². The summed E-state index contributed by atoms with van der Waals surface area (Å²) in [6.45, 7) is 7.47. The Morgan fingerprint density at radius 2 is 0.760 bits per heavy atom. The average Bonchev–Trinajstić information content (AvgIpc) is 3.53. The van der Waals surface area contributed by atoms with Gasteiger partial charge in [0.2, 0.25) is 0 Å². The molecular weight excluding hydrogens is 646 g/mol. The fourth-order valence-corrected chi connectivity index (χ4v) is 7.35. The number of hydrogen-bond acceptors (Lipinski definition) is 0. The van der Waals surface area contributed by atoms with Crippen molar-refractivity contribution >= 4 is 43.6 Å². The van der Waals surface area contributed by atoms with Crippen molar-refractivity contribution in [1.29, 1.82) is 0 Å². The van der Waals surface area contributed by atoms with E-state index in [0.29, 0.717) is 22.1 Å². The number of aryl methyl sites for hydroxylation is 4. The zero-order valence-electron chi connectivity index (χ0n) is 27.6. The van der Waals surface area contributed by atoms with Gasteiger partial charge < -0.3 is 9.13 Å². The van der Waals surface area contributed by atoms with E-state index in [0.717, 1.165) is 55.9 Å². The molecule has 0 atom stereocenters. The highest BCUT2D eigenvalue weighted by Gasteiger charge is 2.39. The second-order valence-corrected chi connectivity index (χ2v) is 13.2. The van der Waals surface area contributed by atoms with Gasteiger partial charge in [0.05, 0.1) is 44.6 Å². The monoisotopic (exact) mass is 676 g/mol. The normalized spacial score (nSPS) is 12.6. The van der Waals surface area contributed by atoms with Crippen molar-refractivity contribution in [2.75, 3.05) is 0 Å². The predicted octanol–water partition coefficient (Wildman–Crippen LogP) is 12.8. The van der Waals surface area contributed by atoms with Gasteiger partial charge in [0.25, 0.3) is 0 Å². The van der Waals surface area contributed by atoms with Crippen molar-refractivity contribution in [3.63, 3.8) is 0 Å². The second-order valence-electron chi connectivity index (χ2n) is 13.2. The third-order valence-electron chi connectivity index (χ3n) is 9.58. The van der Waals surface area contributed by atoms with Gasteiger partial charge in [0.15, 0.2) is 0 Å². The van der Waals surface area contributed by atoms with Crippen molar-refractivity contribution in [1.82, 2.24) is 9.13 Å². The van der Waals surface area contributed by atoms with Crippen LogP contribution in [0.5, 0.6) is 0 Å². The van der Waals surface area contributed by atoms with Crippen molar-refractivity contribution in [2.45, 2.75) is 40.0 Å². The van der Waals surface area contributed by atoms with Crippen LogP contribution in [-0.2, 0) is 12.4 Å². The molecule has 6 aromatic carbocycles. The van der Waals surface area contributed by atoms with E-state index < -0.39 is 23.5 Å². The largest absolute Gasteiger partial charge is 0.418 e. The molecule has 0 bridgehead atoms. The van der Waals surface area contributed by atoms with Crippen molar-refractivity contribution in [3.8, 4) is 22.5 Å². The van der Waals surface area contributed by atoms with E-state index in [1.165, 1.54) is 24.3 Å². The lowest BCUT2D eigenvalue weighted by Gasteiger charge is -2.23. The van der Waals surface area contributed by atoms with Gasteiger partial charge in [0.1, 0.15) is 0 Å². The van der Waals surface area contributed by atoms with Crippen molar-refractivity contribution in [2.24, 2.45) is 0 Å². The molecule has 0 N–H and O–H groups in total. The Bertz CT molecular complexity index is 2550. The Morgan fingerprint density at radius 1 is 0.380 bits per heavy atom. The molecule has 0 amide bonds. The van der Waals surface area contributed by atoms with Gasteiger partial charge in [-0.15, -0.1) is 0 Å². The fourth-order valence-electron chi connectivity index (χ4n) is 7.35. The molecule has 0 aliphatic heterocycles. The van der Waals surface area contributed by atoms with E-state index >= 15 is 13.2 Å². The summed E-state index contributed by atoms with van der Waals surface area (Å²) >= 11 is 0. The smallest absolute Gasteiger partial charge is 0.309 e. The topological polar surface area (TPSA) is 9.86 Å². The number of halogens is 6. The Balaban J connectivity index is 1.61. The molecule has 0 fully saturated rings. The standard InChI is InChI=1S/C42H30F6N2/c1-23-9-13-28-29-14-10-24(2)18-36(29)49(35(28)17-23)39-22-34(42(46,47)48)40(21-32(39)27-7-5-6-8-33(27)41(43,44)45)50-37-19-25(3)11-15-30(37)31-16-12-26(4)20-38(31)50/h5-22H,1-4H3. The summed E-state index contributed by atoms with van der Waals surface area (Å²) in [6, 6.07) is 30.0. The SMILES string of the molecule is Cc1ccc2c3ccc(C)cc3n(-c3cc(C(F)(F)F)c(-n4c5cc(C)ccc5c5ccc(C)cc54)cc3-c3ccccc3C(F)(F)F)c2c1. The number of rotatable bonds is 3. The molecule has 0 saturated carbocycles. The van der Waals surface area contributed by atoms with Gasteiger partial charge in [-0.05, 0) is 98.0 Å². The molecule has 0 unspecified atom stereocenters. The van der Waals surface area contributed by atoms with E-state index in [9.17, 15) is 13.2 Å². The molecule has 8 rings (SSSR count). The summed E-state index contributed by atoms with van der Waals surface area (Å²) < 4.78 is 94.3. The Kier molecular flexibility index (Phi) is 6.99. The average molecular weight is 677 g/mol. The number of alkyl halides is 6. The zero-order chi connectivity index (χ0) is 35.3. The Labute approximate surface area is 283 Å². The number of aromatic nitrogens is 2. The highest BCUT2D eigenvalue weighted by Crippen LogP contribution is 2.47. The molecule has 8 aromatic rings. The number of fused-ring (bicyclic) bond motifs is 6. The van der Waals surface area contributed by atoms with Crippen molar-refractivity contribution < 1.29 is 26.3 Å². The van der Waals surface area contributed by atoms with Crippen LogP contribution in [0.4, 0.5) is 26.3 Å². The molecule has 0 saturated heterocycles. The molecule has 250 valence electrons. The first-order valence-electron chi connectivity index (χ1n) is 16.2. The minimum Gasteiger partial charge on any atom is -0.309 e. The summed E-state index contributed by atoms with van der Waals surface area (Å²) in [5.74, 6) is 0. The Morgan fingerprint density at radius 3 is 1.16 bits per heavy atom. The van der Waals surface area contributed by atoms with Crippen LogP contribution in [0, 0.1) is 27.7 Å². The van der Waals surface area contributed by atoms with Crippen LogP contribution >= 0.6 is 0 Å². The molecule has 8 heteroatoms. The van der Waals surface area contributed by atoms with E-state index in [4.69, 9.17) is 0 Å². The van der Waals surface area contributed by atoms with Gasteiger partial charge >= 0.3 is 12.4 Å². The maximum atomic E-state index is 15.6. The molecule has 2 aromatic heterocycles. The maximum Gasteiger partial charge on any atom is 0.418 e. The lowest BCUT2D eigenvalue weighted by molar-refractivity contribution is -0.138. The fraction of sp³-hybridized carbons (Fsp3) is 0.143. The molecule has 0 radical (unpaired) electrons. The first kappa shape index (κ1) is 31.7. The predicted molar refractivity (Wildman–Crippen MR) is 190 cm³/mol. The van der Waals surface area contributed by atoms with Crippen LogP contribution < -0.4 is 0 Å². The molecular formula is C42H30F6N2. The molecule has 2 nitrogen and oxygen atoms in total. The summed E-state index contributed by atoms with van der Waals surface area (Å²) in [4.78, 5) is 0. The lowest BCUT2D eigenvalue weighted by atomic mass is 9.94. The highest BCUT2D eigenvalue weighted by atomic mass is 19.4. The van der Waals surface area contributed by atoms with Crippen LogP contribution in [0.15, 0.2) is 109 Å². The van der Waals surface area contributed by atoms with Crippen LogP contribution in [0.25, 0.3) is 66.1 Å². The lowest BCUT2D eigenvalue weighted by Crippen LogP contribution is -2.14. The highest BCUT2D eigenvalue weighted by molar-refractivity contribution is 6.11. The van der Waals surface area contributed by atoms with Gasteiger partial charge in [-0.2, -0.15) is 26.3 Å². The van der Waals surface area contributed by atoms with E-state index in [2.05, 4.69) is 0 Å². The van der Waals surface area contributed by atoms with E-state index in [-0.39, 0.29) is 22.5 Å². The second kappa shape index (κ2) is 11.0. The summed E-state index contributed by atoms with van der Waals surface area (Å²) in [6.07, 6.45) is -9.64. The third-order valence-corrected chi connectivity index (χ3v) is 9.58. The quantitative estimate of drug-likeness (QED) is 0.165. The van der Waals surface area contributed by atoms with Crippen LogP contribution in [-0.4, -0.2) is 9.13 Å². The van der Waals surface area contributed by atoms with Crippen LogP contribution in [0.3, 0.4) is 0 Å².